The molecule has 6 unspecified atom stereocenters. The van der Waals surface area contributed by atoms with E-state index in [9.17, 15) is 34.5 Å². The van der Waals surface area contributed by atoms with Crippen LogP contribution in [0.25, 0.3) is 0 Å². The van der Waals surface area contributed by atoms with Gasteiger partial charge in [0.25, 0.3) is 0 Å². The number of rotatable bonds is 51. The van der Waals surface area contributed by atoms with Gasteiger partial charge < -0.3 is 39.0 Å². The number of esters is 3. The molecule has 0 aromatic heterocycles. The first-order valence-corrected chi connectivity index (χ1v) is 29.7. The van der Waals surface area contributed by atoms with Gasteiger partial charge in [0.2, 0.25) is 0 Å². The van der Waals surface area contributed by atoms with E-state index < -0.39 is 67.3 Å². The number of aliphatic hydroxyl groups is 2. The Morgan fingerprint density at radius 2 is 0.803 bits per heavy atom. The van der Waals surface area contributed by atoms with Gasteiger partial charge in [-0.3, -0.25) is 14.4 Å². The molecule has 71 heavy (non-hydrogen) atoms. The van der Waals surface area contributed by atoms with E-state index in [0.717, 1.165) is 77.0 Å². The van der Waals surface area contributed by atoms with Gasteiger partial charge in [-0.05, 0) is 44.9 Å². The largest absolute Gasteiger partial charge is 0.479 e. The summed E-state index contributed by atoms with van der Waals surface area (Å²) in [6.45, 7) is 5.97. The molecule has 0 saturated carbocycles. The van der Waals surface area contributed by atoms with Gasteiger partial charge in [0.1, 0.15) is 18.8 Å². The van der Waals surface area contributed by atoms with Crippen LogP contribution in [0.1, 0.15) is 290 Å². The van der Waals surface area contributed by atoms with Gasteiger partial charge in [0.05, 0.1) is 6.61 Å². The summed E-state index contributed by atoms with van der Waals surface area (Å²) in [6.07, 6.45) is 40.6. The zero-order chi connectivity index (χ0) is 51.8. The molecule has 1 aliphatic heterocycles. The van der Waals surface area contributed by atoms with Crippen LogP contribution in [0.3, 0.4) is 0 Å². The Hall–Kier alpha value is -2.54. The molecule has 1 aliphatic rings. The van der Waals surface area contributed by atoms with Crippen LogP contribution < -0.4 is 0 Å². The number of hydrogen-bond acceptors (Lipinski definition) is 11. The van der Waals surface area contributed by atoms with Crippen molar-refractivity contribution in [3.63, 3.8) is 0 Å². The Bertz CT molecular complexity index is 1290. The quantitative estimate of drug-likeness (QED) is 0.0228. The van der Waals surface area contributed by atoms with Crippen LogP contribution in [0, 0.1) is 0 Å². The predicted molar refractivity (Wildman–Crippen MR) is 285 cm³/mol. The van der Waals surface area contributed by atoms with E-state index in [-0.39, 0.29) is 25.9 Å². The Kier molecular flexibility index (Phi) is 45.3. The number of unbranched alkanes of at least 4 members (excludes halogenated alkanes) is 35. The van der Waals surface area contributed by atoms with Crippen LogP contribution in [0.4, 0.5) is 0 Å². The molecule has 416 valence electrons. The van der Waals surface area contributed by atoms with Gasteiger partial charge in [-0.15, -0.1) is 0 Å². The van der Waals surface area contributed by atoms with Crippen molar-refractivity contribution in [2.75, 3.05) is 13.2 Å². The number of carbonyl (C=O) groups excluding carboxylic acids is 3. The molecule has 3 N–H and O–H groups in total. The summed E-state index contributed by atoms with van der Waals surface area (Å²) in [4.78, 5) is 50.9. The van der Waals surface area contributed by atoms with Crippen molar-refractivity contribution in [1.29, 1.82) is 0 Å². The molecule has 0 radical (unpaired) electrons. The average Bonchev–Trinajstić information content (AvgIpc) is 3.35. The maximum absolute atomic E-state index is 13.1. The highest BCUT2D eigenvalue weighted by Crippen LogP contribution is 2.27. The summed E-state index contributed by atoms with van der Waals surface area (Å²) in [5, 5.41) is 31.4. The SMILES string of the molecule is CCCCCC/C=C\CCCCCCCC(=O)OCC(COC1OC(C(=O)O)C(O)C(O)C1OC(=O)CCCCCCCCCCCCCCCCCCCCC)OC(=O)CCCCCCCCCCC. The Morgan fingerprint density at radius 3 is 1.21 bits per heavy atom. The van der Waals surface area contributed by atoms with E-state index >= 15 is 0 Å². The number of aliphatic carboxylic acids is 1. The minimum Gasteiger partial charge on any atom is -0.479 e. The third-order valence-electron chi connectivity index (χ3n) is 13.8. The zero-order valence-corrected chi connectivity index (χ0v) is 45.7. The number of aliphatic hydroxyl groups excluding tert-OH is 2. The van der Waals surface area contributed by atoms with Crippen molar-refractivity contribution < 1.29 is 58.2 Å². The topological polar surface area (TPSA) is 175 Å². The normalized spacial score (nSPS) is 18.5. The second-order valence-electron chi connectivity index (χ2n) is 20.6. The van der Waals surface area contributed by atoms with Crippen LogP contribution in [0.5, 0.6) is 0 Å². The molecule has 6 atom stereocenters. The molecule has 0 bridgehead atoms. The number of carboxylic acid groups (broad SMARTS) is 1. The molecule has 12 nitrogen and oxygen atoms in total. The lowest BCUT2D eigenvalue weighted by molar-refractivity contribution is -0.301. The van der Waals surface area contributed by atoms with Crippen LogP contribution >= 0.6 is 0 Å². The fourth-order valence-electron chi connectivity index (χ4n) is 9.25. The molecule has 0 aromatic rings. The lowest BCUT2D eigenvalue weighted by atomic mass is 9.98. The first kappa shape index (κ1) is 66.5. The third kappa shape index (κ3) is 38.7. The highest BCUT2D eigenvalue weighted by atomic mass is 16.7. The molecule has 0 aliphatic carbocycles. The molecule has 1 rings (SSSR count). The van der Waals surface area contributed by atoms with E-state index in [2.05, 4.69) is 32.9 Å². The molecule has 0 aromatic carbocycles. The minimum absolute atomic E-state index is 0.0683. The monoisotopic (exact) mass is 1010 g/mol. The maximum Gasteiger partial charge on any atom is 0.335 e. The average molecular weight is 1010 g/mol. The standard InChI is InChI=1S/C59H108O12/c1-4-7-10-13-16-19-21-23-24-25-26-27-28-30-32-35-38-41-44-47-53(62)70-57-55(64)54(63)56(58(65)66)71-59(57)68-49-50(69-52(61)46-43-40-37-33-18-15-12-9-6-3)48-67-51(60)45-42-39-36-34-31-29-22-20-17-14-11-8-5-2/h20,22,50,54-57,59,63-64H,4-19,21,23-49H2,1-3H3,(H,65,66)/b22-20-. The summed E-state index contributed by atoms with van der Waals surface area (Å²) >= 11 is 0. The van der Waals surface area contributed by atoms with Gasteiger partial charge >= 0.3 is 23.9 Å². The van der Waals surface area contributed by atoms with Crippen molar-refractivity contribution in [1.82, 2.24) is 0 Å². The second kappa shape index (κ2) is 48.4. The van der Waals surface area contributed by atoms with Gasteiger partial charge in [-0.1, -0.05) is 238 Å². The third-order valence-corrected chi connectivity index (χ3v) is 13.8. The van der Waals surface area contributed by atoms with E-state index in [1.165, 1.54) is 154 Å². The van der Waals surface area contributed by atoms with E-state index in [1.54, 1.807) is 0 Å². The predicted octanol–water partition coefficient (Wildman–Crippen LogP) is 14.9. The van der Waals surface area contributed by atoms with Crippen molar-refractivity contribution >= 4 is 23.9 Å². The van der Waals surface area contributed by atoms with Crippen molar-refractivity contribution in [2.24, 2.45) is 0 Å². The lowest BCUT2D eigenvalue weighted by Crippen LogP contribution is -2.61. The van der Waals surface area contributed by atoms with Gasteiger partial charge in [-0.25, -0.2) is 4.79 Å². The first-order chi connectivity index (χ1) is 34.6. The molecule has 1 fully saturated rings. The molecule has 1 heterocycles. The van der Waals surface area contributed by atoms with Gasteiger partial charge in [0.15, 0.2) is 24.6 Å². The Morgan fingerprint density at radius 1 is 0.451 bits per heavy atom. The highest BCUT2D eigenvalue weighted by molar-refractivity contribution is 5.74. The molecule has 0 amide bonds. The minimum atomic E-state index is -1.90. The fraction of sp³-hybridized carbons (Fsp3) is 0.898. The molecule has 1 saturated heterocycles. The summed E-state index contributed by atoms with van der Waals surface area (Å²) in [5.74, 6) is -3.10. The first-order valence-electron chi connectivity index (χ1n) is 29.7. The maximum atomic E-state index is 13.1. The summed E-state index contributed by atoms with van der Waals surface area (Å²) in [7, 11) is 0. The van der Waals surface area contributed by atoms with E-state index in [4.69, 9.17) is 23.7 Å². The van der Waals surface area contributed by atoms with Crippen molar-refractivity contribution in [3.8, 4) is 0 Å². The van der Waals surface area contributed by atoms with Crippen LogP contribution in [0.2, 0.25) is 0 Å². The number of hydrogen-bond donors (Lipinski definition) is 3. The van der Waals surface area contributed by atoms with Crippen LogP contribution in [0.15, 0.2) is 12.2 Å². The summed E-state index contributed by atoms with van der Waals surface area (Å²) < 4.78 is 28.4. The number of carboxylic acids is 1. The van der Waals surface area contributed by atoms with Crippen LogP contribution in [-0.2, 0) is 42.9 Å². The molecule has 0 spiro atoms. The Balaban J connectivity index is 2.61. The fourth-order valence-corrected chi connectivity index (χ4v) is 9.25. The van der Waals surface area contributed by atoms with Crippen molar-refractivity contribution in [2.45, 2.75) is 327 Å². The molecular formula is C59H108O12. The summed E-state index contributed by atoms with van der Waals surface area (Å²) in [5.41, 5.74) is 0. The summed E-state index contributed by atoms with van der Waals surface area (Å²) in [6, 6.07) is 0. The zero-order valence-electron chi connectivity index (χ0n) is 45.7. The van der Waals surface area contributed by atoms with Gasteiger partial charge in [0, 0.05) is 19.3 Å². The smallest absolute Gasteiger partial charge is 0.335 e. The van der Waals surface area contributed by atoms with Crippen LogP contribution in [-0.4, -0.2) is 89.2 Å². The second-order valence-corrected chi connectivity index (χ2v) is 20.6. The van der Waals surface area contributed by atoms with Gasteiger partial charge in [-0.2, -0.15) is 0 Å². The van der Waals surface area contributed by atoms with Crippen molar-refractivity contribution in [3.05, 3.63) is 12.2 Å². The number of ether oxygens (including phenoxy) is 5. The van der Waals surface area contributed by atoms with E-state index in [0.29, 0.717) is 19.3 Å². The van der Waals surface area contributed by atoms with E-state index in [1.807, 2.05) is 0 Å². The molecule has 12 heteroatoms. The number of carbonyl (C=O) groups is 4. The lowest BCUT2D eigenvalue weighted by Gasteiger charge is -2.40. The number of allylic oxidation sites excluding steroid dienone is 2. The molecular weight excluding hydrogens is 901 g/mol. The highest BCUT2D eigenvalue weighted by Gasteiger charge is 2.50. The Labute approximate surface area is 433 Å².